The first-order valence-corrected chi connectivity index (χ1v) is 4.73. The van der Waals surface area contributed by atoms with Gasteiger partial charge in [0.25, 0.3) is 0 Å². The largest absolute Gasteiger partial charge is 0.396 e. The Morgan fingerprint density at radius 2 is 2.33 bits per heavy atom. The van der Waals surface area contributed by atoms with Crippen molar-refractivity contribution in [3.05, 3.63) is 0 Å². The van der Waals surface area contributed by atoms with Gasteiger partial charge in [-0.05, 0) is 25.3 Å². The lowest BCUT2D eigenvalue weighted by molar-refractivity contribution is 0.0570. The first-order chi connectivity index (χ1) is 5.72. The van der Waals surface area contributed by atoms with Gasteiger partial charge in [0.15, 0.2) is 0 Å². The molecule has 2 N–H and O–H groups in total. The molecule has 72 valence electrons. The van der Waals surface area contributed by atoms with Gasteiger partial charge in [0.2, 0.25) is 0 Å². The van der Waals surface area contributed by atoms with E-state index in [1.807, 2.05) is 6.92 Å². The van der Waals surface area contributed by atoms with Crippen LogP contribution in [0, 0.1) is 5.92 Å². The third-order valence-electron chi connectivity index (χ3n) is 2.36. The topological polar surface area (TPSA) is 43.7 Å². The molecule has 0 aliphatic carbocycles. The summed E-state index contributed by atoms with van der Waals surface area (Å²) in [5.74, 6) is 0.329. The lowest BCUT2D eigenvalue weighted by atomic mass is 10.1. The average molecular weight is 173 g/mol. The Kier molecular flexibility index (Phi) is 3.98. The normalized spacial score (nSPS) is 28.8. The Labute approximate surface area is 74.0 Å². The zero-order valence-electron chi connectivity index (χ0n) is 7.74. The van der Waals surface area contributed by atoms with E-state index in [2.05, 4.69) is 4.90 Å². The van der Waals surface area contributed by atoms with Crippen molar-refractivity contribution in [1.82, 2.24) is 4.90 Å². The summed E-state index contributed by atoms with van der Waals surface area (Å²) in [6.07, 6.45) is 1.87. The summed E-state index contributed by atoms with van der Waals surface area (Å²) < 4.78 is 0. The zero-order valence-corrected chi connectivity index (χ0v) is 7.74. The van der Waals surface area contributed by atoms with Crippen molar-refractivity contribution in [2.24, 2.45) is 5.92 Å². The van der Waals surface area contributed by atoms with E-state index in [0.717, 1.165) is 32.5 Å². The van der Waals surface area contributed by atoms with E-state index in [1.54, 1.807) is 0 Å². The lowest BCUT2D eigenvalue weighted by Crippen LogP contribution is -2.40. The van der Waals surface area contributed by atoms with Crippen molar-refractivity contribution in [3.63, 3.8) is 0 Å². The maximum Gasteiger partial charge on any atom is 0.0667 e. The molecule has 3 heteroatoms. The van der Waals surface area contributed by atoms with Crippen molar-refractivity contribution >= 4 is 0 Å². The second kappa shape index (κ2) is 4.80. The van der Waals surface area contributed by atoms with Crippen LogP contribution in [0.4, 0.5) is 0 Å². The minimum Gasteiger partial charge on any atom is -0.396 e. The minimum absolute atomic E-state index is 0.148. The van der Waals surface area contributed by atoms with Gasteiger partial charge in [0.1, 0.15) is 0 Å². The minimum atomic E-state index is -0.148. The Hall–Kier alpha value is -0.120. The van der Waals surface area contributed by atoms with E-state index in [1.165, 1.54) is 0 Å². The SMILES string of the molecule is CC(CO)CN1CCCC(O)C1. The fraction of sp³-hybridized carbons (Fsp3) is 1.00. The van der Waals surface area contributed by atoms with Crippen molar-refractivity contribution in [3.8, 4) is 0 Å². The molecule has 2 unspecified atom stereocenters. The highest BCUT2D eigenvalue weighted by Crippen LogP contribution is 2.11. The van der Waals surface area contributed by atoms with E-state index >= 15 is 0 Å². The van der Waals surface area contributed by atoms with Crippen LogP contribution in [0.2, 0.25) is 0 Å². The number of aliphatic hydroxyl groups is 2. The van der Waals surface area contributed by atoms with Gasteiger partial charge in [0.05, 0.1) is 6.10 Å². The number of likely N-dealkylation sites (tertiary alicyclic amines) is 1. The molecule has 1 fully saturated rings. The van der Waals surface area contributed by atoms with Crippen LogP contribution in [0.1, 0.15) is 19.8 Å². The summed E-state index contributed by atoms with van der Waals surface area (Å²) in [7, 11) is 0. The average Bonchev–Trinajstić information content (AvgIpc) is 2.04. The monoisotopic (exact) mass is 173 g/mol. The Morgan fingerprint density at radius 3 is 2.92 bits per heavy atom. The second-order valence-electron chi connectivity index (χ2n) is 3.84. The molecule has 0 aromatic carbocycles. The van der Waals surface area contributed by atoms with E-state index in [9.17, 15) is 5.11 Å². The van der Waals surface area contributed by atoms with Crippen LogP contribution in [-0.2, 0) is 0 Å². The third kappa shape index (κ3) is 3.09. The molecule has 0 aromatic rings. The predicted molar refractivity (Wildman–Crippen MR) is 47.9 cm³/mol. The number of aliphatic hydroxyl groups excluding tert-OH is 2. The van der Waals surface area contributed by atoms with Crippen LogP contribution in [0.15, 0.2) is 0 Å². The van der Waals surface area contributed by atoms with Gasteiger partial charge < -0.3 is 15.1 Å². The van der Waals surface area contributed by atoms with E-state index in [-0.39, 0.29) is 12.7 Å². The Bertz CT molecular complexity index is 130. The Balaban J connectivity index is 2.22. The van der Waals surface area contributed by atoms with Crippen molar-refractivity contribution < 1.29 is 10.2 Å². The number of hydrogen-bond donors (Lipinski definition) is 2. The molecule has 1 aliphatic heterocycles. The Morgan fingerprint density at radius 1 is 1.58 bits per heavy atom. The van der Waals surface area contributed by atoms with E-state index in [4.69, 9.17) is 5.11 Å². The molecule has 2 atom stereocenters. The summed E-state index contributed by atoms with van der Waals surface area (Å²) in [5, 5.41) is 18.2. The van der Waals surface area contributed by atoms with Crippen LogP contribution < -0.4 is 0 Å². The van der Waals surface area contributed by atoms with Crippen molar-refractivity contribution in [1.29, 1.82) is 0 Å². The third-order valence-corrected chi connectivity index (χ3v) is 2.36. The van der Waals surface area contributed by atoms with Crippen LogP contribution in [0.5, 0.6) is 0 Å². The van der Waals surface area contributed by atoms with Crippen LogP contribution in [0.25, 0.3) is 0 Å². The summed E-state index contributed by atoms with van der Waals surface area (Å²) in [4.78, 5) is 2.23. The van der Waals surface area contributed by atoms with Crippen LogP contribution in [0.3, 0.4) is 0 Å². The number of nitrogens with zero attached hydrogens (tertiary/aromatic N) is 1. The van der Waals surface area contributed by atoms with E-state index < -0.39 is 0 Å². The molecule has 1 saturated heterocycles. The lowest BCUT2D eigenvalue weighted by Gasteiger charge is -2.31. The molecule has 0 bridgehead atoms. The highest BCUT2D eigenvalue weighted by Gasteiger charge is 2.18. The van der Waals surface area contributed by atoms with Crippen LogP contribution >= 0.6 is 0 Å². The molecule has 0 radical (unpaired) electrons. The summed E-state index contributed by atoms with van der Waals surface area (Å²) >= 11 is 0. The molecule has 1 rings (SSSR count). The quantitative estimate of drug-likeness (QED) is 0.635. The molecule has 0 amide bonds. The molecule has 0 aromatic heterocycles. The molecular formula is C9H19NO2. The standard InChI is InChI=1S/C9H19NO2/c1-8(7-11)5-10-4-2-3-9(12)6-10/h8-9,11-12H,2-7H2,1H3. The number of hydrogen-bond acceptors (Lipinski definition) is 3. The highest BCUT2D eigenvalue weighted by atomic mass is 16.3. The number of β-amino-alcohol motifs (C(OH)–C–C–N with tert-alkyl or cyclic N) is 1. The summed E-state index contributed by atoms with van der Waals surface area (Å²) in [5.41, 5.74) is 0. The maximum atomic E-state index is 9.36. The van der Waals surface area contributed by atoms with Crippen molar-refractivity contribution in [2.75, 3.05) is 26.2 Å². The fourth-order valence-corrected chi connectivity index (χ4v) is 1.70. The molecule has 0 spiro atoms. The maximum absolute atomic E-state index is 9.36. The molecule has 12 heavy (non-hydrogen) atoms. The zero-order chi connectivity index (χ0) is 8.97. The summed E-state index contributed by atoms with van der Waals surface area (Å²) in [6.45, 7) is 5.03. The fourth-order valence-electron chi connectivity index (χ4n) is 1.70. The van der Waals surface area contributed by atoms with Gasteiger partial charge in [-0.25, -0.2) is 0 Å². The molecule has 3 nitrogen and oxygen atoms in total. The number of rotatable bonds is 3. The molecule has 0 saturated carbocycles. The smallest absolute Gasteiger partial charge is 0.0667 e. The molecule has 1 heterocycles. The van der Waals surface area contributed by atoms with Gasteiger partial charge in [-0.15, -0.1) is 0 Å². The van der Waals surface area contributed by atoms with Crippen LogP contribution in [-0.4, -0.2) is 47.5 Å². The number of piperidine rings is 1. The first kappa shape index (κ1) is 9.96. The molecular weight excluding hydrogens is 154 g/mol. The van der Waals surface area contributed by atoms with Gasteiger partial charge >= 0.3 is 0 Å². The first-order valence-electron chi connectivity index (χ1n) is 4.73. The van der Waals surface area contributed by atoms with Crippen molar-refractivity contribution in [2.45, 2.75) is 25.9 Å². The summed E-state index contributed by atoms with van der Waals surface area (Å²) in [6, 6.07) is 0. The van der Waals surface area contributed by atoms with Gasteiger partial charge in [-0.3, -0.25) is 0 Å². The van der Waals surface area contributed by atoms with Gasteiger partial charge in [0, 0.05) is 19.7 Å². The van der Waals surface area contributed by atoms with E-state index in [0.29, 0.717) is 5.92 Å². The highest BCUT2D eigenvalue weighted by molar-refractivity contribution is 4.72. The van der Waals surface area contributed by atoms with Gasteiger partial charge in [-0.1, -0.05) is 6.92 Å². The van der Waals surface area contributed by atoms with Gasteiger partial charge in [-0.2, -0.15) is 0 Å². The molecule has 1 aliphatic rings. The predicted octanol–water partition coefficient (Wildman–Crippen LogP) is 0.0715. The second-order valence-corrected chi connectivity index (χ2v) is 3.84.